The second kappa shape index (κ2) is 4.71. The number of fused-ring (bicyclic) bond motifs is 2. The lowest BCUT2D eigenvalue weighted by molar-refractivity contribution is -0.0560. The van der Waals surface area contributed by atoms with Crippen LogP contribution in [0.3, 0.4) is 0 Å². The van der Waals surface area contributed by atoms with E-state index in [-0.39, 0.29) is 0 Å². The fourth-order valence-electron chi connectivity index (χ4n) is 4.22. The van der Waals surface area contributed by atoms with Crippen LogP contribution in [0.4, 0.5) is 5.69 Å². The molecule has 2 bridgehead atoms. The van der Waals surface area contributed by atoms with Crippen LogP contribution in [0.1, 0.15) is 45.7 Å². The zero-order chi connectivity index (χ0) is 14.4. The first-order chi connectivity index (χ1) is 9.47. The molecule has 3 rings (SSSR count). The summed E-state index contributed by atoms with van der Waals surface area (Å²) in [6.45, 7) is 7.78. The van der Waals surface area contributed by atoms with Crippen LogP contribution in [0, 0.1) is 16.7 Å². The molecule has 3 N–H and O–H groups in total. The summed E-state index contributed by atoms with van der Waals surface area (Å²) in [5.74, 6) is 6.23. The van der Waals surface area contributed by atoms with E-state index in [0.717, 1.165) is 17.3 Å². The van der Waals surface area contributed by atoms with Gasteiger partial charge in [-0.1, -0.05) is 20.8 Å². The van der Waals surface area contributed by atoms with Gasteiger partial charge in [0.15, 0.2) is 0 Å². The maximum Gasteiger partial charge on any atom is 0.0892 e. The van der Waals surface area contributed by atoms with Gasteiger partial charge in [0.2, 0.25) is 0 Å². The van der Waals surface area contributed by atoms with E-state index < -0.39 is 0 Å². The van der Waals surface area contributed by atoms with Gasteiger partial charge < -0.3 is 10.2 Å². The third kappa shape index (κ3) is 1.93. The maximum absolute atomic E-state index is 6.23. The van der Waals surface area contributed by atoms with Gasteiger partial charge in [0, 0.05) is 6.20 Å². The lowest BCUT2D eigenvalue weighted by atomic mass is 9.70. The summed E-state index contributed by atoms with van der Waals surface area (Å²) in [6.07, 6.45) is 5.95. The van der Waals surface area contributed by atoms with Crippen LogP contribution < -0.4 is 11.3 Å². The van der Waals surface area contributed by atoms with Crippen LogP contribution in [-0.2, 0) is 11.3 Å². The first-order valence-corrected chi connectivity index (χ1v) is 7.50. The lowest BCUT2D eigenvalue weighted by Crippen LogP contribution is -2.37. The molecule has 4 nitrogen and oxygen atoms in total. The van der Waals surface area contributed by atoms with Crippen molar-refractivity contribution in [3.05, 3.63) is 24.0 Å². The smallest absolute Gasteiger partial charge is 0.0892 e. The molecule has 2 saturated carbocycles. The number of pyridine rings is 1. The number of anilines is 1. The van der Waals surface area contributed by atoms with Crippen molar-refractivity contribution < 1.29 is 4.74 Å². The molecular weight excluding hydrogens is 250 g/mol. The predicted molar refractivity (Wildman–Crippen MR) is 79.9 cm³/mol. The van der Waals surface area contributed by atoms with E-state index in [1.165, 1.54) is 19.3 Å². The molecule has 1 aromatic rings. The Bertz CT molecular complexity index is 502. The minimum absolute atomic E-state index is 0.307. The van der Waals surface area contributed by atoms with Crippen molar-refractivity contribution in [1.82, 2.24) is 4.98 Å². The number of nitrogen functional groups attached to an aromatic ring is 1. The van der Waals surface area contributed by atoms with Gasteiger partial charge in [-0.25, -0.2) is 0 Å². The van der Waals surface area contributed by atoms with E-state index in [4.69, 9.17) is 10.6 Å². The molecule has 4 heteroatoms. The standard InChI is InChI=1S/C16H25N3O/c1-15(2)11-4-6-16(15,3)14(8-11)20-10-13-9-12(19-17)5-7-18-13/h5,7,9,11,14H,4,6,8,10,17H2,1-3H3,(H,18,19). The van der Waals surface area contributed by atoms with Gasteiger partial charge in [0.05, 0.1) is 24.1 Å². The summed E-state index contributed by atoms with van der Waals surface area (Å²) >= 11 is 0. The number of nitrogens with one attached hydrogen (secondary N) is 1. The average Bonchev–Trinajstić information content (AvgIpc) is 2.78. The Labute approximate surface area is 121 Å². The van der Waals surface area contributed by atoms with Crippen LogP contribution in [0.5, 0.6) is 0 Å². The van der Waals surface area contributed by atoms with E-state index >= 15 is 0 Å². The van der Waals surface area contributed by atoms with Crippen molar-refractivity contribution in [1.29, 1.82) is 0 Å². The molecule has 0 radical (unpaired) electrons. The highest BCUT2D eigenvalue weighted by atomic mass is 16.5. The second-order valence-corrected chi connectivity index (χ2v) is 7.09. The predicted octanol–water partition coefficient (Wildman–Crippen LogP) is 3.10. The number of nitrogens with zero attached hydrogens (tertiary/aromatic N) is 1. The molecule has 1 heterocycles. The molecule has 0 aromatic carbocycles. The number of aromatic nitrogens is 1. The summed E-state index contributed by atoms with van der Waals surface area (Å²) in [6, 6.07) is 3.80. The van der Waals surface area contributed by atoms with E-state index in [1.54, 1.807) is 6.20 Å². The Morgan fingerprint density at radius 2 is 2.25 bits per heavy atom. The number of hydrogen-bond acceptors (Lipinski definition) is 4. The molecule has 2 fully saturated rings. The van der Waals surface area contributed by atoms with Crippen LogP contribution in [0.15, 0.2) is 18.3 Å². The van der Waals surface area contributed by atoms with Gasteiger partial charge in [-0.15, -0.1) is 0 Å². The third-order valence-corrected chi connectivity index (χ3v) is 6.13. The molecule has 0 amide bonds. The average molecular weight is 275 g/mol. The number of hydrazine groups is 1. The van der Waals surface area contributed by atoms with Crippen molar-refractivity contribution >= 4 is 5.69 Å². The number of rotatable bonds is 4. The fourth-order valence-corrected chi connectivity index (χ4v) is 4.22. The molecule has 0 spiro atoms. The molecule has 2 aliphatic carbocycles. The van der Waals surface area contributed by atoms with Gasteiger partial charge in [-0.3, -0.25) is 10.8 Å². The highest BCUT2D eigenvalue weighted by Crippen LogP contribution is 2.66. The number of nitrogens with two attached hydrogens (primary N) is 1. The van der Waals surface area contributed by atoms with E-state index in [2.05, 4.69) is 31.2 Å². The number of hydrogen-bond donors (Lipinski definition) is 2. The summed E-state index contributed by atoms with van der Waals surface area (Å²) in [5, 5.41) is 0. The Balaban J connectivity index is 1.68. The van der Waals surface area contributed by atoms with Gasteiger partial charge >= 0.3 is 0 Å². The largest absolute Gasteiger partial charge is 0.371 e. The number of ether oxygens (including phenoxy) is 1. The monoisotopic (exact) mass is 275 g/mol. The first kappa shape index (κ1) is 13.8. The molecule has 3 atom stereocenters. The zero-order valence-electron chi connectivity index (χ0n) is 12.6. The highest BCUT2D eigenvalue weighted by molar-refractivity contribution is 5.41. The van der Waals surface area contributed by atoms with Crippen LogP contribution >= 0.6 is 0 Å². The highest BCUT2D eigenvalue weighted by Gasteiger charge is 2.61. The summed E-state index contributed by atoms with van der Waals surface area (Å²) < 4.78 is 6.23. The SMILES string of the molecule is CC1(C)C2CCC1(C)C(OCc1cc(NN)ccn1)C2. The van der Waals surface area contributed by atoms with E-state index in [1.807, 2.05) is 12.1 Å². The Morgan fingerprint density at radius 1 is 1.45 bits per heavy atom. The van der Waals surface area contributed by atoms with Crippen LogP contribution in [0.2, 0.25) is 0 Å². The molecule has 0 saturated heterocycles. The summed E-state index contributed by atoms with van der Waals surface area (Å²) in [7, 11) is 0. The molecule has 20 heavy (non-hydrogen) atoms. The second-order valence-electron chi connectivity index (χ2n) is 7.09. The Hall–Kier alpha value is -1.13. The zero-order valence-corrected chi connectivity index (χ0v) is 12.6. The molecule has 0 aliphatic heterocycles. The Morgan fingerprint density at radius 3 is 2.85 bits per heavy atom. The van der Waals surface area contributed by atoms with E-state index in [0.29, 0.717) is 23.5 Å². The van der Waals surface area contributed by atoms with Crippen LogP contribution in [0.25, 0.3) is 0 Å². The Kier molecular flexibility index (Phi) is 3.26. The molecule has 3 unspecified atom stereocenters. The van der Waals surface area contributed by atoms with Crippen molar-refractivity contribution in [3.8, 4) is 0 Å². The van der Waals surface area contributed by atoms with Gasteiger partial charge in [0.25, 0.3) is 0 Å². The minimum Gasteiger partial charge on any atom is -0.371 e. The summed E-state index contributed by atoms with van der Waals surface area (Å²) in [5.41, 5.74) is 5.16. The third-order valence-electron chi connectivity index (χ3n) is 6.13. The van der Waals surface area contributed by atoms with Gasteiger partial charge in [0.1, 0.15) is 0 Å². The molecule has 1 aromatic heterocycles. The van der Waals surface area contributed by atoms with Crippen molar-refractivity contribution in [2.24, 2.45) is 22.6 Å². The van der Waals surface area contributed by atoms with Crippen LogP contribution in [-0.4, -0.2) is 11.1 Å². The maximum atomic E-state index is 6.23. The van der Waals surface area contributed by atoms with Gasteiger partial charge in [-0.05, 0) is 48.1 Å². The van der Waals surface area contributed by atoms with Crippen molar-refractivity contribution in [2.45, 2.75) is 52.7 Å². The van der Waals surface area contributed by atoms with E-state index in [9.17, 15) is 0 Å². The molecule has 2 aliphatic rings. The normalized spacial score (nSPS) is 34.4. The lowest BCUT2D eigenvalue weighted by Gasteiger charge is -2.38. The molecule has 110 valence electrons. The fraction of sp³-hybridized carbons (Fsp3) is 0.688. The first-order valence-electron chi connectivity index (χ1n) is 7.50. The molecular formula is C16H25N3O. The van der Waals surface area contributed by atoms with Crippen molar-refractivity contribution in [2.75, 3.05) is 5.43 Å². The quantitative estimate of drug-likeness (QED) is 0.655. The summed E-state index contributed by atoms with van der Waals surface area (Å²) in [4.78, 5) is 4.35. The minimum atomic E-state index is 0.307. The van der Waals surface area contributed by atoms with Crippen molar-refractivity contribution in [3.63, 3.8) is 0 Å². The topological polar surface area (TPSA) is 60.2 Å². The van der Waals surface area contributed by atoms with Gasteiger partial charge in [-0.2, -0.15) is 0 Å².